The molecule has 0 heterocycles. The van der Waals surface area contributed by atoms with E-state index in [9.17, 15) is 0 Å². The second-order valence-electron chi connectivity index (χ2n) is 5.86. The van der Waals surface area contributed by atoms with Crippen LogP contribution in [0.3, 0.4) is 0 Å². The zero-order chi connectivity index (χ0) is 14.8. The zero-order valence-electron chi connectivity index (χ0n) is 14.0. The van der Waals surface area contributed by atoms with E-state index in [-0.39, 0.29) is 57.6 Å². The maximum Gasteiger partial charge on any atom is 3.00 e. The summed E-state index contributed by atoms with van der Waals surface area (Å²) in [6, 6.07) is 8.50. The molecule has 24 heavy (non-hydrogen) atoms. The minimum absolute atomic E-state index is 0. The van der Waals surface area contributed by atoms with Gasteiger partial charge in [0.2, 0.25) is 0 Å². The molecule has 0 bridgehead atoms. The summed E-state index contributed by atoms with van der Waals surface area (Å²) in [6.45, 7) is 4.61. The maximum absolute atomic E-state index is 9.08. The van der Waals surface area contributed by atoms with Gasteiger partial charge in [0.25, 0.3) is 0 Å². The molecular formula is C20H21Cl2OZr. The Kier molecular flexibility index (Phi) is 10.4. The van der Waals surface area contributed by atoms with Gasteiger partial charge in [0.1, 0.15) is 0 Å². The number of halogens is 2. The van der Waals surface area contributed by atoms with Crippen LogP contribution in [0, 0.1) is 6.08 Å². The van der Waals surface area contributed by atoms with Gasteiger partial charge in [-0.2, -0.15) is 0 Å². The Morgan fingerprint density at radius 1 is 1.17 bits per heavy atom. The Hall–Kier alpha value is -0.397. The number of benzene rings is 1. The molecule has 3 rings (SSSR count). The van der Waals surface area contributed by atoms with Crippen LogP contribution in [-0.2, 0) is 26.2 Å². The van der Waals surface area contributed by atoms with E-state index in [1.165, 1.54) is 39.0 Å². The molecule has 1 radical (unpaired) electrons. The van der Waals surface area contributed by atoms with Crippen LogP contribution in [0.25, 0.3) is 5.57 Å². The van der Waals surface area contributed by atoms with E-state index in [2.05, 4.69) is 56.3 Å². The summed E-state index contributed by atoms with van der Waals surface area (Å²) in [5.74, 6) is 0. The summed E-state index contributed by atoms with van der Waals surface area (Å²) in [5, 5.41) is 9.08. The smallest absolute Gasteiger partial charge is 1.00 e. The van der Waals surface area contributed by atoms with Crippen molar-refractivity contribution in [2.24, 2.45) is 0 Å². The Morgan fingerprint density at radius 2 is 1.88 bits per heavy atom. The predicted octanol–water partition coefficient (Wildman–Crippen LogP) is -1.39. The van der Waals surface area contributed by atoms with E-state index in [0.29, 0.717) is 0 Å². The van der Waals surface area contributed by atoms with Crippen LogP contribution in [-0.4, -0.2) is 11.7 Å². The predicted molar refractivity (Wildman–Crippen MR) is 87.7 cm³/mol. The molecular weight excluding hydrogens is 418 g/mol. The van der Waals surface area contributed by atoms with Crippen molar-refractivity contribution in [2.75, 3.05) is 6.61 Å². The molecule has 0 atom stereocenters. The Bertz CT molecular complexity index is 695. The number of rotatable bonds is 4. The third-order valence-corrected chi connectivity index (χ3v) is 4.14. The van der Waals surface area contributed by atoms with Gasteiger partial charge in [-0.3, -0.25) is 0 Å². The molecule has 1 nitrogen and oxygen atoms in total. The normalized spacial score (nSPS) is 14.5. The summed E-state index contributed by atoms with van der Waals surface area (Å²) in [6.07, 6.45) is 10.8. The van der Waals surface area contributed by atoms with Crippen LogP contribution in [0.2, 0.25) is 0 Å². The van der Waals surface area contributed by atoms with Crippen molar-refractivity contribution in [3.05, 3.63) is 75.9 Å². The van der Waals surface area contributed by atoms with E-state index in [1.807, 2.05) is 0 Å². The van der Waals surface area contributed by atoms with Crippen molar-refractivity contribution in [3.8, 4) is 0 Å². The third-order valence-electron chi connectivity index (χ3n) is 4.14. The van der Waals surface area contributed by atoms with Gasteiger partial charge >= 0.3 is 26.2 Å². The molecule has 125 valence electrons. The molecule has 0 aromatic heterocycles. The number of allylic oxidation sites excluding steroid dienone is 7. The van der Waals surface area contributed by atoms with Crippen LogP contribution in [0.15, 0.2) is 58.7 Å². The van der Waals surface area contributed by atoms with Crippen LogP contribution in [0.5, 0.6) is 0 Å². The molecule has 0 unspecified atom stereocenters. The molecule has 2 aliphatic rings. The Balaban J connectivity index is 0.00000176. The quantitative estimate of drug-likeness (QED) is 0.573. The largest absolute Gasteiger partial charge is 3.00 e. The molecule has 2 aliphatic carbocycles. The number of aliphatic hydroxyl groups excluding tert-OH is 1. The van der Waals surface area contributed by atoms with Crippen molar-refractivity contribution >= 4 is 5.57 Å². The van der Waals surface area contributed by atoms with E-state index in [0.717, 1.165) is 19.3 Å². The third kappa shape index (κ3) is 4.61. The minimum atomic E-state index is 0. The number of hydrogen-bond donors (Lipinski definition) is 1. The first-order valence-corrected chi connectivity index (χ1v) is 7.63. The van der Waals surface area contributed by atoms with Gasteiger partial charge in [-0.25, -0.2) is 0 Å². The van der Waals surface area contributed by atoms with Gasteiger partial charge < -0.3 is 29.9 Å². The fourth-order valence-electron chi connectivity index (χ4n) is 3.20. The molecule has 0 saturated heterocycles. The van der Waals surface area contributed by atoms with Gasteiger partial charge in [-0.1, -0.05) is 55.3 Å². The number of hydrogen-bond acceptors (Lipinski definition) is 1. The SMILES string of the molecule is CC(C)=C1C(C2=C(CCCO)C=CC2)=[C-]c2ccccc21.[Cl-].[Cl-].[Zr+3]. The van der Waals surface area contributed by atoms with Crippen LogP contribution < -0.4 is 24.8 Å². The maximum atomic E-state index is 9.08. The minimum Gasteiger partial charge on any atom is -1.00 e. The molecule has 4 heteroatoms. The molecule has 0 aliphatic heterocycles. The number of fused-ring (bicyclic) bond motifs is 1. The summed E-state index contributed by atoms with van der Waals surface area (Å²) in [4.78, 5) is 0. The topological polar surface area (TPSA) is 20.2 Å². The molecule has 0 saturated carbocycles. The van der Waals surface area contributed by atoms with Crippen molar-refractivity contribution < 1.29 is 56.1 Å². The first kappa shape index (κ1) is 23.6. The average Bonchev–Trinajstić information content (AvgIpc) is 3.08. The van der Waals surface area contributed by atoms with Crippen molar-refractivity contribution in [2.45, 2.75) is 33.1 Å². The summed E-state index contributed by atoms with van der Waals surface area (Å²) in [7, 11) is 0. The van der Waals surface area contributed by atoms with Crippen LogP contribution >= 0.6 is 0 Å². The Labute approximate surface area is 176 Å². The summed E-state index contributed by atoms with van der Waals surface area (Å²) >= 11 is 0. The zero-order valence-corrected chi connectivity index (χ0v) is 18.0. The average molecular weight is 440 g/mol. The monoisotopic (exact) mass is 437 g/mol. The van der Waals surface area contributed by atoms with Crippen molar-refractivity contribution in [1.82, 2.24) is 0 Å². The van der Waals surface area contributed by atoms with E-state index in [4.69, 9.17) is 5.11 Å². The molecule has 1 aromatic carbocycles. The van der Waals surface area contributed by atoms with Gasteiger partial charge in [0.15, 0.2) is 0 Å². The van der Waals surface area contributed by atoms with Gasteiger partial charge in [0.05, 0.1) is 0 Å². The van der Waals surface area contributed by atoms with E-state index >= 15 is 0 Å². The second-order valence-corrected chi connectivity index (χ2v) is 5.86. The number of aliphatic hydroxyl groups is 1. The summed E-state index contributed by atoms with van der Waals surface area (Å²) in [5.41, 5.74) is 9.18. The van der Waals surface area contributed by atoms with E-state index < -0.39 is 0 Å². The van der Waals surface area contributed by atoms with Gasteiger partial charge in [0, 0.05) is 6.61 Å². The van der Waals surface area contributed by atoms with Gasteiger partial charge in [-0.15, -0.1) is 40.0 Å². The fourth-order valence-corrected chi connectivity index (χ4v) is 3.20. The Morgan fingerprint density at radius 3 is 2.54 bits per heavy atom. The summed E-state index contributed by atoms with van der Waals surface area (Å²) < 4.78 is 0. The van der Waals surface area contributed by atoms with Crippen molar-refractivity contribution in [1.29, 1.82) is 0 Å². The molecule has 0 amide bonds. The van der Waals surface area contributed by atoms with Crippen LogP contribution in [0.1, 0.15) is 44.2 Å². The first-order valence-electron chi connectivity index (χ1n) is 7.63. The van der Waals surface area contributed by atoms with Crippen molar-refractivity contribution in [3.63, 3.8) is 0 Å². The molecule has 1 N–H and O–H groups in total. The molecule has 1 aromatic rings. The molecule has 0 spiro atoms. The van der Waals surface area contributed by atoms with Gasteiger partial charge in [-0.05, 0) is 19.3 Å². The second kappa shape index (κ2) is 10.6. The molecule has 0 fully saturated rings. The fraction of sp³-hybridized carbons (Fsp3) is 0.300. The van der Waals surface area contributed by atoms with Crippen LogP contribution in [0.4, 0.5) is 0 Å². The van der Waals surface area contributed by atoms with E-state index in [1.54, 1.807) is 0 Å². The first-order chi connectivity index (χ1) is 10.2. The standard InChI is InChI=1S/C20H21O.2ClH.Zr/c1-14(2)20-18-10-4-3-7-16(18)13-19(20)17-11-5-8-15(17)9-6-12-21;;;/h3-5,7-8,10,21H,6,9,11-12H2,1-2H3;2*1H;/q-1;;;+3/p-2.